The summed E-state index contributed by atoms with van der Waals surface area (Å²) in [5.41, 5.74) is -1.39. The van der Waals surface area contributed by atoms with E-state index in [4.69, 9.17) is 90.0 Å². The van der Waals surface area contributed by atoms with Crippen LogP contribution in [0.1, 0.15) is 105 Å². The molecular weight excluding hydrogens is 2020 g/mol. The van der Waals surface area contributed by atoms with Crippen molar-refractivity contribution in [3.05, 3.63) is 220 Å². The summed E-state index contributed by atoms with van der Waals surface area (Å²) in [7, 11) is 13.4. The van der Waals surface area contributed by atoms with Crippen molar-refractivity contribution in [2.75, 3.05) is 76.3 Å². The van der Waals surface area contributed by atoms with Crippen molar-refractivity contribution in [1.29, 1.82) is 5.26 Å². The van der Waals surface area contributed by atoms with E-state index in [2.05, 4.69) is 28.8 Å². The third-order valence-corrected chi connectivity index (χ3v) is 21.1. The van der Waals surface area contributed by atoms with Crippen LogP contribution in [0, 0.1) is 22.0 Å². The molecule has 8 heterocycles. The van der Waals surface area contributed by atoms with Crippen LogP contribution in [0.25, 0.3) is 0 Å². The Hall–Kier alpha value is -5.24. The second-order valence-corrected chi connectivity index (χ2v) is 28.8. The van der Waals surface area contributed by atoms with Gasteiger partial charge in [-0.25, -0.2) is 19.2 Å². The first-order valence-corrected chi connectivity index (χ1v) is 41.7. The van der Waals surface area contributed by atoms with Crippen molar-refractivity contribution >= 4 is 118 Å². The molecule has 114 heavy (non-hydrogen) atoms. The van der Waals surface area contributed by atoms with Gasteiger partial charge < -0.3 is 87.1 Å². The van der Waals surface area contributed by atoms with E-state index >= 15 is 0 Å². The lowest BCUT2D eigenvalue weighted by atomic mass is 9.84. The lowest BCUT2D eigenvalue weighted by Crippen LogP contribution is -2.40. The number of halogens is 6. The molecule has 0 saturated carbocycles. The number of nitrogens with zero attached hydrogens (tertiary/aromatic N) is 5. The quantitative estimate of drug-likeness (QED) is 0.0114. The average Bonchev–Trinajstić information content (AvgIpc) is 1.77. The fourth-order valence-corrected chi connectivity index (χ4v) is 14.4. The molecule has 4 aromatic heterocycles. The number of hydrogen-bond acceptors (Lipinski definition) is 27. The van der Waals surface area contributed by atoms with Crippen molar-refractivity contribution in [2.24, 2.45) is 0 Å². The van der Waals surface area contributed by atoms with E-state index in [0.717, 1.165) is 50.5 Å². The molecule has 0 aliphatic carbocycles. The summed E-state index contributed by atoms with van der Waals surface area (Å²) in [5.74, 6) is 1.61. The molecule has 0 spiro atoms. The smallest absolute Gasteiger partial charge is 0.330 e. The van der Waals surface area contributed by atoms with Crippen molar-refractivity contribution in [3.8, 4) is 17.6 Å². The van der Waals surface area contributed by atoms with Crippen LogP contribution in [0.4, 0.5) is 0 Å². The van der Waals surface area contributed by atoms with Gasteiger partial charge in [0.05, 0.1) is 69.4 Å². The fraction of sp³-hybridized carbons (Fsp3) is 0.514. The second kappa shape index (κ2) is 52.6. The number of hydrogen-bond donors (Lipinski definition) is 10. The molecule has 4 aliphatic heterocycles. The zero-order valence-electron chi connectivity index (χ0n) is 63.4. The third kappa shape index (κ3) is 26.9. The molecule has 35 nitrogen and oxygen atoms in total. The summed E-state index contributed by atoms with van der Waals surface area (Å²) in [6, 6.07) is 29.0. The van der Waals surface area contributed by atoms with Gasteiger partial charge >= 0.3 is 22.8 Å². The minimum atomic E-state index is -1.23. The van der Waals surface area contributed by atoms with Crippen LogP contribution in [0.5, 0.6) is 11.5 Å². The molecule has 5 unspecified atom stereocenters. The number of alkyl halides is 1. The summed E-state index contributed by atoms with van der Waals surface area (Å²) in [6.45, 7) is 7.42. The fourth-order valence-electron chi connectivity index (χ4n) is 11.7. The lowest BCUT2D eigenvalue weighted by Gasteiger charge is -2.29. The predicted octanol–water partition coefficient (Wildman–Crippen LogP) is 6.47. The second-order valence-electron chi connectivity index (χ2n) is 23.4. The van der Waals surface area contributed by atoms with Crippen LogP contribution in [-0.2, 0) is 51.8 Å². The summed E-state index contributed by atoms with van der Waals surface area (Å²) in [4.78, 5) is 101. The van der Waals surface area contributed by atoms with E-state index < -0.39 is 164 Å². The summed E-state index contributed by atoms with van der Waals surface area (Å²) >= 11 is 14.3. The summed E-state index contributed by atoms with van der Waals surface area (Å²) in [5, 5.41) is 63.5. The Balaban J connectivity index is 0.000000478. The van der Waals surface area contributed by atoms with Gasteiger partial charge in [-0.2, -0.15) is 5.26 Å². The Bertz CT molecular complexity index is 4420. The van der Waals surface area contributed by atoms with Crippen LogP contribution in [0.2, 0.25) is 0 Å². The van der Waals surface area contributed by atoms with Gasteiger partial charge in [0.1, 0.15) is 77.4 Å². The van der Waals surface area contributed by atoms with Crippen LogP contribution in [0.15, 0.2) is 148 Å². The molecule has 636 valence electrons. The van der Waals surface area contributed by atoms with Gasteiger partial charge in [-0.05, 0) is 130 Å². The lowest BCUT2D eigenvalue weighted by molar-refractivity contribution is -0.0626. The van der Waals surface area contributed by atoms with Crippen LogP contribution < -0.4 is 54.5 Å². The van der Waals surface area contributed by atoms with Crippen molar-refractivity contribution in [1.82, 2.24) is 38.2 Å². The first-order chi connectivity index (χ1) is 54.1. The molecule has 3 aromatic carbocycles. The highest BCUT2D eigenvalue weighted by Crippen LogP contribution is 2.46. The standard InChI is InChI=1S/C21H19ClO2.C15H21IN3O6P.C11H15IN2O5.C10H13IN2O6.C10H14N2O6.C2H6.CH4O.2CH4.ClI/c1-23-19-12-8-17(9-13-19)21(22,16-6-4-3-5-7-16)18-10-14-20(24-2)15-11-18;1-4-10-11(25-26(3)23-7-5-6-17)12(22-2)14(24-10)19-8-9(16)13(20)18-15(19)21;1-3-6-7(15)8(18-2)10(19-6)14-4-5(12)9(16)13-11(14)17;1-18-7-6(15)5(3-14)19-9(7)13-2-4(11)8(16)12-10(13)17;1-17-8-7(15)5(4-13)18-9(8)12-3-2-6(14)11-10(12)16;2*1-2;;;1-2/h3-15H,1-2H3;8,10-12,14H,4-5,7H2,1-3H3,(H,18,20,21);4,6-8,10,15H,3H2,1-2H3,(H,13,16,17);2,5-7,9,14-15H,3H2,1H3,(H,12,16,17);2-3,5,7-9,13,15H,4H2,1H3,(H,11,14,16);1-2H3;2H,1H3;2*1H4;/t;10-,11+,12?,14-,26?;6-,7+,8?,10-;5-,6+,7?,9-;5-,7+,8?,9-;;;;;/m.1111...../s1/i;;;;;1D;;;;. The number of benzene rings is 3. The van der Waals surface area contributed by atoms with Gasteiger partial charge in [-0.15, -0.1) is 11.6 Å². The highest BCUT2D eigenvalue weighted by Gasteiger charge is 2.49. The first kappa shape index (κ1) is 103. The van der Waals surface area contributed by atoms with E-state index in [1.165, 1.54) is 62.4 Å². The Labute approximate surface area is 723 Å². The molecular formula is C72H100Cl2I4N9O26P. The molecule has 4 fully saturated rings. The Morgan fingerprint density at radius 2 is 0.868 bits per heavy atom. The number of H-pyrrole nitrogens is 4. The normalized spacial score (nSPS) is 23.9. The zero-order chi connectivity index (χ0) is 84.6. The predicted molar refractivity (Wildman–Crippen MR) is 460 cm³/mol. The van der Waals surface area contributed by atoms with E-state index in [0.29, 0.717) is 37.1 Å². The van der Waals surface area contributed by atoms with Crippen LogP contribution in [-0.4, -0.2) is 218 Å². The van der Waals surface area contributed by atoms with Gasteiger partial charge in [0.25, 0.3) is 22.2 Å². The number of nitrogens with one attached hydrogen (secondary N) is 4. The highest BCUT2D eigenvalue weighted by atomic mass is 127. The van der Waals surface area contributed by atoms with Gasteiger partial charge in [-0.3, -0.25) is 57.4 Å². The number of aliphatic hydroxyl groups excluding tert-OH is 6. The number of rotatable bonds is 22. The average molecular weight is 2120 g/mol. The molecule has 42 heteroatoms. The van der Waals surface area contributed by atoms with Crippen molar-refractivity contribution in [2.45, 2.75) is 165 Å². The van der Waals surface area contributed by atoms with Crippen molar-refractivity contribution < 1.29 is 88.4 Å². The third-order valence-electron chi connectivity index (χ3n) is 17.1. The maximum atomic E-state index is 12.2. The largest absolute Gasteiger partial charge is 0.497 e. The Kier molecular flexibility index (Phi) is 47.5. The van der Waals surface area contributed by atoms with Gasteiger partial charge in [-0.1, -0.05) is 97.1 Å². The molecule has 10 N–H and O–H groups in total. The summed E-state index contributed by atoms with van der Waals surface area (Å²) < 4.78 is 77.5. The molecule has 17 atom stereocenters. The SMILES string of the molecule is C.C.CC[C@H]1O[C@@H](n2cc(I)c(=O)[nH]c2=O)C(OC)[C@H]1O.CC[C@H]1O[C@@H](n2cc(I)c(=O)[nH]c2=O)C(OC)[C@H]1OP(C)OCCC#N.CO.COC1[C@@H](O)[C@@H](CO)O[C@H]1n1cc(I)c(=O)[nH]c1=O.COC1[C@@H](O)[C@@H](CO)O[C@H]1n1ccc(=O)[nH]c1=O.COc1ccc(C(Cl)(c2ccccc2)c2ccc(OC)cc2)cc1.ClI.[2H]CC. The maximum absolute atomic E-state index is 12.2. The Morgan fingerprint density at radius 3 is 1.21 bits per heavy atom. The molecule has 11 rings (SSSR count). The minimum Gasteiger partial charge on any atom is -0.497 e. The minimum absolute atomic E-state index is 0. The van der Waals surface area contributed by atoms with Crippen molar-refractivity contribution in [3.63, 3.8) is 0 Å². The van der Waals surface area contributed by atoms with Gasteiger partial charge in [0, 0.05) is 95.9 Å². The number of nitriles is 1. The number of aromatic nitrogens is 8. The number of aliphatic hydroxyl groups is 6. The molecule has 0 bridgehead atoms. The first-order valence-electron chi connectivity index (χ1n) is 34.4. The molecule has 0 amide bonds. The monoisotopic (exact) mass is 2120 g/mol. The maximum Gasteiger partial charge on any atom is 0.330 e. The summed E-state index contributed by atoms with van der Waals surface area (Å²) in [6.07, 6.45) is -4.84. The Morgan fingerprint density at radius 1 is 0.535 bits per heavy atom. The van der Waals surface area contributed by atoms with E-state index in [1.807, 2.05) is 144 Å². The van der Waals surface area contributed by atoms with Gasteiger partial charge in [0.2, 0.25) is 0 Å². The topological polar surface area (TPSA) is 475 Å². The number of methoxy groups -OCH3 is 6. The highest BCUT2D eigenvalue weighted by molar-refractivity contribution is 14.1. The van der Waals surface area contributed by atoms with E-state index in [9.17, 15) is 53.7 Å². The van der Waals surface area contributed by atoms with E-state index in [-0.39, 0.29) is 27.4 Å². The molecule has 4 saturated heterocycles. The number of ether oxygens (including phenoxy) is 10. The van der Waals surface area contributed by atoms with E-state index in [1.54, 1.807) is 71.9 Å². The molecule has 0 radical (unpaired) electrons. The molecule has 4 aliphatic rings. The van der Waals surface area contributed by atoms with Crippen LogP contribution in [0.3, 0.4) is 0 Å². The molecule has 7 aromatic rings. The van der Waals surface area contributed by atoms with Gasteiger partial charge in [0.15, 0.2) is 33.3 Å². The number of aromatic amines is 4. The van der Waals surface area contributed by atoms with Crippen LogP contribution >= 0.6 is 118 Å². The zero-order valence-corrected chi connectivity index (χ0v) is 73.4.